The monoisotopic (exact) mass is 416 g/mol. The summed E-state index contributed by atoms with van der Waals surface area (Å²) >= 11 is 0. The molecule has 0 saturated carbocycles. The zero-order chi connectivity index (χ0) is 22.9. The molecule has 2 aliphatic heterocycles. The number of methoxy groups -OCH3 is 2. The van der Waals surface area contributed by atoms with Gasteiger partial charge in [-0.25, -0.2) is 13.4 Å². The van der Waals surface area contributed by atoms with E-state index in [4.69, 9.17) is 18.3 Å². The van der Waals surface area contributed by atoms with Gasteiger partial charge in [-0.2, -0.15) is 0 Å². The van der Waals surface area contributed by atoms with Gasteiger partial charge in [0.05, 0.1) is 25.4 Å². The zero-order valence-electron chi connectivity index (χ0n) is 19.6. The highest BCUT2D eigenvalue weighted by Gasteiger charge is 2.53. The van der Waals surface area contributed by atoms with Gasteiger partial charge in [0.1, 0.15) is 4.90 Å². The van der Waals surface area contributed by atoms with Crippen molar-refractivity contribution in [3.63, 3.8) is 0 Å². The van der Waals surface area contributed by atoms with E-state index in [2.05, 4.69) is 10.3 Å². The van der Waals surface area contributed by atoms with E-state index in [1.165, 1.54) is 31.4 Å². The van der Waals surface area contributed by atoms with Crippen molar-refractivity contribution in [1.82, 2.24) is 15.2 Å². The maximum atomic E-state index is 13.8. The number of aromatic nitrogens is 1. The highest BCUT2D eigenvalue weighted by atomic mass is 32.2. The average molecular weight is 417 g/mol. The molecule has 2 aliphatic rings. The largest absolute Gasteiger partial charge is 0.480 e. The van der Waals surface area contributed by atoms with E-state index in [1.54, 1.807) is 6.92 Å². The number of sulfone groups is 1. The van der Waals surface area contributed by atoms with Crippen molar-refractivity contribution < 1.29 is 26.7 Å². The molecular weight excluding hydrogens is 382 g/mol. The molecule has 3 heterocycles. The van der Waals surface area contributed by atoms with Crippen molar-refractivity contribution in [2.45, 2.75) is 48.2 Å². The minimum absolute atomic E-state index is 0.0310. The second-order valence-corrected chi connectivity index (χ2v) is 9.44. The molecule has 0 radical (unpaired) electrons. The molecule has 158 valence electrons. The molecule has 2 unspecified atom stereocenters. The lowest BCUT2D eigenvalue weighted by Crippen LogP contribution is -2.43. The Morgan fingerprint density at radius 2 is 2.18 bits per heavy atom. The Hall–Kier alpha value is -1.26. The third-order valence-electron chi connectivity index (χ3n) is 5.47. The molecule has 8 nitrogen and oxygen atoms in total. The predicted molar refractivity (Wildman–Crippen MR) is 105 cm³/mol. The molecular formula is C19H31N3O5S. The Morgan fingerprint density at radius 1 is 1.43 bits per heavy atom. The van der Waals surface area contributed by atoms with Crippen molar-refractivity contribution in [1.29, 1.82) is 0 Å². The van der Waals surface area contributed by atoms with Gasteiger partial charge in [0, 0.05) is 24.0 Å². The van der Waals surface area contributed by atoms with Crippen molar-refractivity contribution >= 4 is 9.84 Å². The quantitative estimate of drug-likeness (QED) is 0.704. The van der Waals surface area contributed by atoms with Crippen LogP contribution in [-0.4, -0.2) is 82.8 Å². The van der Waals surface area contributed by atoms with E-state index in [0.717, 1.165) is 0 Å². The summed E-state index contributed by atoms with van der Waals surface area (Å²) in [4.78, 5) is 5.23. The smallest absolute Gasteiger partial charge is 0.232 e. The molecule has 0 aliphatic carbocycles. The second-order valence-electron chi connectivity index (χ2n) is 7.44. The molecule has 0 aromatic carbocycles. The molecule has 0 bridgehead atoms. The first-order valence-corrected chi connectivity index (χ1v) is 11.0. The summed E-state index contributed by atoms with van der Waals surface area (Å²) in [5.74, 6) is -0.0310. The van der Waals surface area contributed by atoms with Gasteiger partial charge in [0.25, 0.3) is 0 Å². The first-order chi connectivity index (χ1) is 14.5. The topological polar surface area (TPSA) is 90.0 Å². The molecule has 2 fully saturated rings. The van der Waals surface area contributed by atoms with Gasteiger partial charge >= 0.3 is 0 Å². The van der Waals surface area contributed by atoms with Crippen LogP contribution in [0.15, 0.2) is 17.2 Å². The van der Waals surface area contributed by atoms with E-state index in [1.807, 2.05) is 0 Å². The first-order valence-electron chi connectivity index (χ1n) is 10.9. The highest BCUT2D eigenvalue weighted by Crippen LogP contribution is 2.43. The number of rotatable bonds is 7. The molecule has 1 aromatic rings. The Kier molecular flexibility index (Phi) is 5.42. The van der Waals surface area contributed by atoms with E-state index >= 15 is 0 Å². The minimum atomic E-state index is -4.12. The average Bonchev–Trinajstić information content (AvgIpc) is 3.07. The number of hydrogen-bond donors (Lipinski definition) is 1. The van der Waals surface area contributed by atoms with E-state index in [0.29, 0.717) is 37.9 Å². The summed E-state index contributed by atoms with van der Waals surface area (Å²) in [7, 11) is -1.29. The van der Waals surface area contributed by atoms with Gasteiger partial charge in [0.2, 0.25) is 15.7 Å². The summed E-state index contributed by atoms with van der Waals surface area (Å²) in [6.45, 7) is 0.811. The molecule has 1 N–H and O–H groups in total. The fourth-order valence-corrected chi connectivity index (χ4v) is 5.92. The molecule has 2 atom stereocenters. The van der Waals surface area contributed by atoms with Crippen LogP contribution in [0.1, 0.15) is 28.9 Å². The lowest BCUT2D eigenvalue weighted by atomic mass is 9.88. The second kappa shape index (κ2) is 8.62. The lowest BCUT2D eigenvalue weighted by Gasteiger charge is -2.33. The van der Waals surface area contributed by atoms with Gasteiger partial charge < -0.3 is 19.5 Å². The first kappa shape index (κ1) is 17.6. The molecule has 0 amide bonds. The fraction of sp³-hybridized carbons (Fsp3) is 0.737. The van der Waals surface area contributed by atoms with Crippen LogP contribution >= 0.6 is 0 Å². The normalized spacial score (nSPS) is 26.8. The van der Waals surface area contributed by atoms with Crippen LogP contribution in [-0.2, 0) is 19.3 Å². The number of hydrogen-bond acceptors (Lipinski definition) is 8. The molecule has 28 heavy (non-hydrogen) atoms. The molecule has 3 rings (SSSR count). The van der Waals surface area contributed by atoms with Crippen molar-refractivity contribution in [2.75, 3.05) is 47.4 Å². The van der Waals surface area contributed by atoms with E-state index < -0.39 is 33.9 Å². The van der Waals surface area contributed by atoms with Gasteiger partial charge in [-0.15, -0.1) is 0 Å². The Balaban J connectivity index is 2.08. The summed E-state index contributed by atoms with van der Waals surface area (Å²) in [6.07, 6.45) is 3.05. The van der Waals surface area contributed by atoms with Gasteiger partial charge in [0.15, 0.2) is 5.44 Å². The summed E-state index contributed by atoms with van der Waals surface area (Å²) < 4.78 is 68.3. The van der Waals surface area contributed by atoms with Crippen LogP contribution in [0.4, 0.5) is 0 Å². The van der Waals surface area contributed by atoms with Crippen LogP contribution in [0.25, 0.3) is 0 Å². The van der Waals surface area contributed by atoms with E-state index in [9.17, 15) is 8.42 Å². The van der Waals surface area contributed by atoms with Crippen LogP contribution in [0.2, 0.25) is 0 Å². The standard InChI is InChI=1S/C19H31N3O5S/c1-14-11-16(17(26-4)21-13-14)28(23,24)18-15(22(2)9-10-25-3)12-19(27-18)5-7-20-8-6-19/h11,13,15,18,20H,5-10,12H2,1-4H3/i2D3. The molecule has 2 saturated heterocycles. The Bertz CT molecular complexity index is 875. The number of pyridine rings is 1. The van der Waals surface area contributed by atoms with Crippen molar-refractivity contribution in [3.05, 3.63) is 17.8 Å². The lowest BCUT2D eigenvalue weighted by molar-refractivity contribution is -0.0357. The summed E-state index contributed by atoms with van der Waals surface area (Å²) in [5.41, 5.74) is -1.41. The third-order valence-corrected chi connectivity index (χ3v) is 7.40. The summed E-state index contributed by atoms with van der Waals surface area (Å²) in [5, 5.41) is 3.25. The predicted octanol–water partition coefficient (Wildman–Crippen LogP) is 0.988. The maximum absolute atomic E-state index is 13.8. The Morgan fingerprint density at radius 3 is 2.82 bits per heavy atom. The SMILES string of the molecule is [2H]C([2H])([2H])N(CCOC)C1CC2(CCNCC2)OC1S(=O)(=O)c1cc(C)cnc1OC. The fourth-order valence-electron chi connectivity index (χ4n) is 3.95. The van der Waals surface area contributed by atoms with Gasteiger partial charge in [-0.1, -0.05) is 0 Å². The number of likely N-dealkylation sites (N-methyl/N-ethyl adjacent to an activating group) is 1. The van der Waals surface area contributed by atoms with Crippen LogP contribution in [0.5, 0.6) is 5.88 Å². The highest BCUT2D eigenvalue weighted by molar-refractivity contribution is 7.92. The molecule has 1 aromatic heterocycles. The zero-order valence-corrected chi connectivity index (χ0v) is 17.4. The number of ether oxygens (including phenoxy) is 3. The Labute approximate surface area is 171 Å². The third kappa shape index (κ3) is 4.18. The van der Waals surface area contributed by atoms with Crippen LogP contribution in [0, 0.1) is 6.92 Å². The van der Waals surface area contributed by atoms with Gasteiger partial charge in [-0.05, 0) is 57.9 Å². The number of nitrogens with zero attached hydrogens (tertiary/aromatic N) is 2. The number of nitrogens with one attached hydrogen (secondary N) is 1. The van der Waals surface area contributed by atoms with Gasteiger partial charge in [-0.3, -0.25) is 4.90 Å². The minimum Gasteiger partial charge on any atom is -0.480 e. The summed E-state index contributed by atoms with van der Waals surface area (Å²) in [6, 6.07) is 0.625. The van der Waals surface area contributed by atoms with Crippen molar-refractivity contribution in [3.8, 4) is 5.88 Å². The molecule has 1 spiro atoms. The van der Waals surface area contributed by atoms with E-state index in [-0.39, 0.29) is 23.9 Å². The van der Waals surface area contributed by atoms with Crippen LogP contribution < -0.4 is 10.1 Å². The number of aryl methyl sites for hydroxylation is 1. The van der Waals surface area contributed by atoms with Crippen molar-refractivity contribution in [2.24, 2.45) is 0 Å². The van der Waals surface area contributed by atoms with Crippen LogP contribution in [0.3, 0.4) is 0 Å². The maximum Gasteiger partial charge on any atom is 0.232 e. The molecule has 9 heteroatoms. The number of piperidine rings is 1.